The number of nitrogens with zero attached hydrogens (tertiary/aromatic N) is 1. The van der Waals surface area contributed by atoms with Crippen molar-refractivity contribution in [3.63, 3.8) is 0 Å². The third-order valence-corrected chi connectivity index (χ3v) is 5.78. The van der Waals surface area contributed by atoms with Gasteiger partial charge in [0.2, 0.25) is 11.8 Å². The number of carbonyl (C=O) groups is 2. The fraction of sp³-hybridized carbons (Fsp3) is 0.391. The molecule has 0 aliphatic carbocycles. The molecule has 3 atom stereocenters. The van der Waals surface area contributed by atoms with Crippen LogP contribution < -0.4 is 15.4 Å². The van der Waals surface area contributed by atoms with Crippen LogP contribution in [0.3, 0.4) is 0 Å². The van der Waals surface area contributed by atoms with E-state index >= 15 is 0 Å². The monoisotopic (exact) mass is 393 g/mol. The first-order valence-corrected chi connectivity index (χ1v) is 10.1. The predicted octanol–water partition coefficient (Wildman–Crippen LogP) is 1.80. The van der Waals surface area contributed by atoms with Gasteiger partial charge >= 0.3 is 0 Å². The largest absolute Gasteiger partial charge is 0.497 e. The molecule has 152 valence electrons. The number of piperazine rings is 1. The lowest BCUT2D eigenvalue weighted by Crippen LogP contribution is -2.61. The Bertz CT molecular complexity index is 896. The summed E-state index contributed by atoms with van der Waals surface area (Å²) in [7, 11) is 1.62. The summed E-state index contributed by atoms with van der Waals surface area (Å²) in [4.78, 5) is 27.4. The van der Waals surface area contributed by atoms with E-state index in [2.05, 4.69) is 35.8 Å². The van der Waals surface area contributed by atoms with Crippen molar-refractivity contribution in [3.05, 3.63) is 65.2 Å². The van der Waals surface area contributed by atoms with Gasteiger partial charge in [-0.05, 0) is 36.6 Å². The molecule has 2 amide bonds. The molecule has 0 radical (unpaired) electrons. The predicted molar refractivity (Wildman–Crippen MR) is 111 cm³/mol. The number of hydrogen-bond acceptors (Lipinski definition) is 4. The first kappa shape index (κ1) is 19.5. The van der Waals surface area contributed by atoms with E-state index in [9.17, 15) is 9.59 Å². The molecule has 0 unspecified atom stereocenters. The van der Waals surface area contributed by atoms with Crippen molar-refractivity contribution in [2.75, 3.05) is 13.7 Å². The molecule has 4 rings (SSSR count). The van der Waals surface area contributed by atoms with Gasteiger partial charge in [0.25, 0.3) is 0 Å². The van der Waals surface area contributed by atoms with E-state index in [0.717, 1.165) is 17.9 Å². The van der Waals surface area contributed by atoms with Gasteiger partial charge in [-0.25, -0.2) is 0 Å². The number of rotatable bonds is 6. The smallest absolute Gasteiger partial charge is 0.246 e. The van der Waals surface area contributed by atoms with Gasteiger partial charge < -0.3 is 20.3 Å². The summed E-state index contributed by atoms with van der Waals surface area (Å²) < 4.78 is 5.18. The van der Waals surface area contributed by atoms with Crippen molar-refractivity contribution in [2.45, 2.75) is 44.4 Å². The van der Waals surface area contributed by atoms with Crippen LogP contribution in [0.25, 0.3) is 0 Å². The van der Waals surface area contributed by atoms with E-state index in [-0.39, 0.29) is 23.9 Å². The summed E-state index contributed by atoms with van der Waals surface area (Å²) in [5.41, 5.74) is 3.43. The zero-order chi connectivity index (χ0) is 20.4. The van der Waals surface area contributed by atoms with E-state index in [1.165, 1.54) is 11.1 Å². The second-order valence-electron chi connectivity index (χ2n) is 7.92. The highest BCUT2D eigenvalue weighted by Gasteiger charge is 2.46. The zero-order valence-electron chi connectivity index (χ0n) is 16.9. The number of hydrogen-bond donors (Lipinski definition) is 2. The van der Waals surface area contributed by atoms with E-state index < -0.39 is 6.04 Å². The second kappa shape index (κ2) is 8.25. The SMILES string of the molecule is COc1ccc(C[C@@H]2NC(=O)[C@@H]3C[C@H](NCc4cccc(C)c4)CN3C2=O)cc1. The Morgan fingerprint density at radius 2 is 1.93 bits per heavy atom. The fourth-order valence-electron chi connectivity index (χ4n) is 4.23. The molecule has 6 nitrogen and oxygen atoms in total. The fourth-order valence-corrected chi connectivity index (χ4v) is 4.23. The lowest BCUT2D eigenvalue weighted by molar-refractivity contribution is -0.147. The number of carbonyl (C=O) groups excluding carboxylic acids is 2. The van der Waals surface area contributed by atoms with Crippen molar-refractivity contribution >= 4 is 11.8 Å². The van der Waals surface area contributed by atoms with Gasteiger partial charge in [0.15, 0.2) is 0 Å². The number of aryl methyl sites for hydroxylation is 1. The normalized spacial score (nSPS) is 23.7. The molecule has 6 heteroatoms. The van der Waals surface area contributed by atoms with Crippen molar-refractivity contribution in [1.29, 1.82) is 0 Å². The van der Waals surface area contributed by atoms with Gasteiger partial charge in [-0.15, -0.1) is 0 Å². The summed E-state index contributed by atoms with van der Waals surface area (Å²) in [6.07, 6.45) is 1.14. The molecule has 2 fully saturated rings. The van der Waals surface area contributed by atoms with Gasteiger partial charge in [0, 0.05) is 25.6 Å². The summed E-state index contributed by atoms with van der Waals surface area (Å²) >= 11 is 0. The van der Waals surface area contributed by atoms with Crippen LogP contribution in [0.4, 0.5) is 0 Å². The van der Waals surface area contributed by atoms with E-state index in [4.69, 9.17) is 4.74 Å². The molecular weight excluding hydrogens is 366 g/mol. The number of amides is 2. The second-order valence-corrected chi connectivity index (χ2v) is 7.92. The van der Waals surface area contributed by atoms with Crippen LogP contribution in [-0.2, 0) is 22.6 Å². The Morgan fingerprint density at radius 3 is 2.66 bits per heavy atom. The molecule has 2 aromatic carbocycles. The highest BCUT2D eigenvalue weighted by molar-refractivity contribution is 5.97. The van der Waals surface area contributed by atoms with Crippen LogP contribution in [0.1, 0.15) is 23.1 Å². The van der Waals surface area contributed by atoms with Gasteiger partial charge in [0.05, 0.1) is 7.11 Å². The van der Waals surface area contributed by atoms with Gasteiger partial charge in [-0.3, -0.25) is 9.59 Å². The van der Waals surface area contributed by atoms with Crippen molar-refractivity contribution < 1.29 is 14.3 Å². The van der Waals surface area contributed by atoms with Gasteiger partial charge in [-0.1, -0.05) is 42.0 Å². The molecule has 2 saturated heterocycles. The maximum Gasteiger partial charge on any atom is 0.246 e. The third kappa shape index (κ3) is 4.27. The first-order chi connectivity index (χ1) is 14.0. The van der Waals surface area contributed by atoms with Gasteiger partial charge in [0.1, 0.15) is 17.8 Å². The maximum absolute atomic E-state index is 13.0. The third-order valence-electron chi connectivity index (χ3n) is 5.78. The molecule has 2 N–H and O–H groups in total. The summed E-state index contributed by atoms with van der Waals surface area (Å²) in [6.45, 7) is 3.38. The number of benzene rings is 2. The number of nitrogens with one attached hydrogen (secondary N) is 2. The standard InChI is InChI=1S/C23H27N3O3/c1-15-4-3-5-17(10-15)13-24-18-12-21-22(27)25-20(23(28)26(21)14-18)11-16-6-8-19(29-2)9-7-16/h3-10,18,20-21,24H,11-14H2,1-2H3,(H,25,27)/t18-,20-,21-/m0/s1. The molecule has 29 heavy (non-hydrogen) atoms. The molecule has 2 heterocycles. The maximum atomic E-state index is 13.0. The molecule has 2 aromatic rings. The van der Waals surface area contributed by atoms with Crippen molar-refractivity contribution in [2.24, 2.45) is 0 Å². The van der Waals surface area contributed by atoms with Crippen LogP contribution in [0.15, 0.2) is 48.5 Å². The van der Waals surface area contributed by atoms with Crippen molar-refractivity contribution in [3.8, 4) is 5.75 Å². The van der Waals surface area contributed by atoms with Crippen molar-refractivity contribution in [1.82, 2.24) is 15.5 Å². The summed E-state index contributed by atoms with van der Waals surface area (Å²) in [5, 5.41) is 6.44. The van der Waals surface area contributed by atoms with E-state index in [0.29, 0.717) is 19.4 Å². The Morgan fingerprint density at radius 1 is 1.14 bits per heavy atom. The lowest BCUT2D eigenvalue weighted by atomic mass is 10.0. The Balaban J connectivity index is 1.38. The average Bonchev–Trinajstić information content (AvgIpc) is 3.16. The first-order valence-electron chi connectivity index (χ1n) is 10.1. The molecule has 0 saturated carbocycles. The number of fused-ring (bicyclic) bond motifs is 1. The van der Waals surface area contributed by atoms with E-state index in [1.54, 1.807) is 12.0 Å². The highest BCUT2D eigenvalue weighted by Crippen LogP contribution is 2.24. The molecule has 0 spiro atoms. The minimum Gasteiger partial charge on any atom is -0.497 e. The molecular formula is C23H27N3O3. The molecule has 2 aliphatic rings. The summed E-state index contributed by atoms with van der Waals surface area (Å²) in [6, 6.07) is 15.2. The van der Waals surface area contributed by atoms with Crippen LogP contribution in [-0.4, -0.2) is 48.5 Å². The quantitative estimate of drug-likeness (QED) is 0.785. The Hall–Kier alpha value is -2.86. The highest BCUT2D eigenvalue weighted by atomic mass is 16.5. The Kier molecular flexibility index (Phi) is 5.53. The zero-order valence-corrected chi connectivity index (χ0v) is 16.9. The molecule has 0 bridgehead atoms. The minimum absolute atomic E-state index is 0.00488. The van der Waals surface area contributed by atoms with Crippen LogP contribution in [0.2, 0.25) is 0 Å². The van der Waals surface area contributed by atoms with E-state index in [1.807, 2.05) is 30.3 Å². The number of methoxy groups -OCH3 is 1. The van der Waals surface area contributed by atoms with Crippen LogP contribution in [0.5, 0.6) is 5.75 Å². The lowest BCUT2D eigenvalue weighted by Gasteiger charge is -2.34. The summed E-state index contributed by atoms with van der Waals surface area (Å²) in [5.74, 6) is 0.725. The number of ether oxygens (including phenoxy) is 1. The topological polar surface area (TPSA) is 70.7 Å². The molecule has 0 aromatic heterocycles. The molecule has 2 aliphatic heterocycles. The van der Waals surface area contributed by atoms with Crippen LogP contribution >= 0.6 is 0 Å². The minimum atomic E-state index is -0.511. The average molecular weight is 393 g/mol. The van der Waals surface area contributed by atoms with Gasteiger partial charge in [-0.2, -0.15) is 0 Å². The Labute approximate surface area is 171 Å². The van der Waals surface area contributed by atoms with Crippen LogP contribution in [0, 0.1) is 6.92 Å².